The summed E-state index contributed by atoms with van der Waals surface area (Å²) in [6.45, 7) is 0. The van der Waals surface area contributed by atoms with E-state index in [4.69, 9.17) is 0 Å². The van der Waals surface area contributed by atoms with Crippen LogP contribution in [-0.4, -0.2) is 23.1 Å². The third kappa shape index (κ3) is 1.16. The maximum absolute atomic E-state index is 11.3. The van der Waals surface area contributed by atoms with Crippen LogP contribution in [0.15, 0.2) is 23.8 Å². The molecule has 70 valence electrons. The number of rotatable bonds is 0. The lowest BCUT2D eigenvalue weighted by Crippen LogP contribution is -2.36. The van der Waals surface area contributed by atoms with Gasteiger partial charge in [-0.3, -0.25) is 19.2 Å². The summed E-state index contributed by atoms with van der Waals surface area (Å²) in [5.41, 5.74) is 0.155. The van der Waals surface area contributed by atoms with E-state index < -0.39 is 29.7 Å². The molecule has 1 atom stereocenters. The van der Waals surface area contributed by atoms with Gasteiger partial charge in [0.25, 0.3) is 0 Å². The minimum Gasteiger partial charge on any atom is -0.294 e. The van der Waals surface area contributed by atoms with Crippen LogP contribution in [-0.2, 0) is 19.2 Å². The predicted molar refractivity (Wildman–Crippen MR) is 45.4 cm³/mol. The molecule has 2 aliphatic rings. The minimum absolute atomic E-state index is 0.155. The normalized spacial score (nSPS) is 26.3. The first-order valence-corrected chi connectivity index (χ1v) is 4.13. The molecule has 0 aromatic carbocycles. The lowest BCUT2D eigenvalue weighted by molar-refractivity contribution is -0.141. The van der Waals surface area contributed by atoms with E-state index in [0.717, 1.165) is 6.08 Å². The van der Waals surface area contributed by atoms with Gasteiger partial charge in [0.05, 0.1) is 12.3 Å². The molecule has 2 rings (SSSR count). The summed E-state index contributed by atoms with van der Waals surface area (Å²) in [5, 5.41) is 0. The molecule has 0 saturated heterocycles. The predicted octanol–water partition coefficient (Wildman–Crippen LogP) is -0.221. The Morgan fingerprint density at radius 3 is 2.50 bits per heavy atom. The smallest absolute Gasteiger partial charge is 0.210 e. The molecule has 14 heavy (non-hydrogen) atoms. The van der Waals surface area contributed by atoms with Gasteiger partial charge >= 0.3 is 0 Å². The summed E-state index contributed by atoms with van der Waals surface area (Å²) in [6.07, 6.45) is 3.26. The molecule has 1 unspecified atom stereocenters. The molecule has 0 N–H and O–H groups in total. The Balaban J connectivity index is 2.47. The number of Topliss-reactive ketones (excluding diaryl/α,β-unsaturated/α-hetero) is 3. The molecule has 4 nitrogen and oxygen atoms in total. The van der Waals surface area contributed by atoms with Gasteiger partial charge in [0, 0.05) is 5.57 Å². The zero-order valence-electron chi connectivity index (χ0n) is 7.15. The van der Waals surface area contributed by atoms with Crippen molar-refractivity contribution in [2.24, 2.45) is 5.92 Å². The number of carbonyl (C=O) groups is 4. The number of fused-ring (bicyclic) bond motifs is 1. The molecular weight excluding hydrogens is 184 g/mol. The zero-order valence-corrected chi connectivity index (χ0v) is 7.15. The Hall–Kier alpha value is -1.84. The molecule has 1 saturated carbocycles. The van der Waals surface area contributed by atoms with Crippen molar-refractivity contribution in [1.82, 2.24) is 0 Å². The molecule has 2 aliphatic carbocycles. The summed E-state index contributed by atoms with van der Waals surface area (Å²) in [6, 6.07) is 0. The van der Waals surface area contributed by atoms with Crippen LogP contribution in [0.3, 0.4) is 0 Å². The SMILES string of the molecule is O=C1C=CC2C(=O)C(=O)CC(=O)C2=C1. The second-order valence-corrected chi connectivity index (χ2v) is 3.23. The van der Waals surface area contributed by atoms with E-state index in [0.29, 0.717) is 0 Å². The van der Waals surface area contributed by atoms with Crippen LogP contribution in [0, 0.1) is 5.92 Å². The molecule has 1 fully saturated rings. The summed E-state index contributed by atoms with van der Waals surface area (Å²) in [7, 11) is 0. The summed E-state index contributed by atoms with van der Waals surface area (Å²) in [4.78, 5) is 44.6. The highest BCUT2D eigenvalue weighted by molar-refractivity contribution is 6.47. The number of hydrogen-bond donors (Lipinski definition) is 0. The van der Waals surface area contributed by atoms with Gasteiger partial charge < -0.3 is 0 Å². The van der Waals surface area contributed by atoms with E-state index in [-0.39, 0.29) is 11.4 Å². The fraction of sp³-hybridized carbons (Fsp3) is 0.200. The second-order valence-electron chi connectivity index (χ2n) is 3.23. The van der Waals surface area contributed by atoms with Gasteiger partial charge in [-0.2, -0.15) is 0 Å². The van der Waals surface area contributed by atoms with E-state index in [9.17, 15) is 19.2 Å². The van der Waals surface area contributed by atoms with E-state index in [1.54, 1.807) is 0 Å². The lowest BCUT2D eigenvalue weighted by Gasteiger charge is -2.20. The summed E-state index contributed by atoms with van der Waals surface area (Å²) in [5.74, 6) is -2.82. The molecule has 4 heteroatoms. The van der Waals surface area contributed by atoms with Crippen LogP contribution in [0.5, 0.6) is 0 Å². The van der Waals surface area contributed by atoms with Gasteiger partial charge in [0.2, 0.25) is 11.6 Å². The van der Waals surface area contributed by atoms with Crippen LogP contribution in [0.25, 0.3) is 0 Å². The van der Waals surface area contributed by atoms with Gasteiger partial charge in [-0.05, 0) is 12.2 Å². The van der Waals surface area contributed by atoms with Gasteiger partial charge in [-0.1, -0.05) is 6.08 Å². The third-order valence-electron chi connectivity index (χ3n) is 2.29. The molecule has 0 spiro atoms. The quantitative estimate of drug-likeness (QED) is 0.391. The largest absolute Gasteiger partial charge is 0.294 e. The van der Waals surface area contributed by atoms with Crippen LogP contribution in [0.1, 0.15) is 6.42 Å². The number of ketones is 4. The number of allylic oxidation sites excluding steroid dienone is 4. The molecule has 0 aromatic heterocycles. The van der Waals surface area contributed by atoms with Crippen LogP contribution >= 0.6 is 0 Å². The van der Waals surface area contributed by atoms with Crippen molar-refractivity contribution < 1.29 is 19.2 Å². The first-order chi connectivity index (χ1) is 6.59. The van der Waals surface area contributed by atoms with Gasteiger partial charge in [0.1, 0.15) is 0 Å². The lowest BCUT2D eigenvalue weighted by atomic mass is 9.78. The highest BCUT2D eigenvalue weighted by Crippen LogP contribution is 2.25. The summed E-state index contributed by atoms with van der Waals surface area (Å²) >= 11 is 0. The second kappa shape index (κ2) is 2.83. The zero-order chi connectivity index (χ0) is 10.3. The Morgan fingerprint density at radius 1 is 1.07 bits per heavy atom. The van der Waals surface area contributed by atoms with E-state index >= 15 is 0 Å². The Morgan fingerprint density at radius 2 is 1.79 bits per heavy atom. The molecule has 0 aromatic rings. The van der Waals surface area contributed by atoms with Gasteiger partial charge in [-0.15, -0.1) is 0 Å². The average Bonchev–Trinajstić information content (AvgIpc) is 2.14. The fourth-order valence-corrected chi connectivity index (χ4v) is 1.58. The van der Waals surface area contributed by atoms with Crippen molar-refractivity contribution in [1.29, 1.82) is 0 Å². The first-order valence-electron chi connectivity index (χ1n) is 4.13. The Labute approximate surface area is 79.3 Å². The fourth-order valence-electron chi connectivity index (χ4n) is 1.58. The average molecular weight is 190 g/mol. The van der Waals surface area contributed by atoms with E-state index in [1.165, 1.54) is 12.2 Å². The highest BCUT2D eigenvalue weighted by Gasteiger charge is 2.38. The number of hydrogen-bond acceptors (Lipinski definition) is 4. The molecule has 0 aliphatic heterocycles. The molecular formula is C10H6O4. The van der Waals surface area contributed by atoms with Crippen molar-refractivity contribution in [3.63, 3.8) is 0 Å². The van der Waals surface area contributed by atoms with E-state index in [1.807, 2.05) is 0 Å². The van der Waals surface area contributed by atoms with Crippen molar-refractivity contribution in [3.8, 4) is 0 Å². The van der Waals surface area contributed by atoms with Crippen LogP contribution < -0.4 is 0 Å². The minimum atomic E-state index is -0.818. The maximum atomic E-state index is 11.3. The topological polar surface area (TPSA) is 68.3 Å². The van der Waals surface area contributed by atoms with Crippen molar-refractivity contribution in [2.45, 2.75) is 6.42 Å². The monoisotopic (exact) mass is 190 g/mol. The third-order valence-corrected chi connectivity index (χ3v) is 2.29. The Kier molecular flexibility index (Phi) is 1.77. The Bertz CT molecular complexity index is 425. The molecule has 0 bridgehead atoms. The highest BCUT2D eigenvalue weighted by atomic mass is 16.2. The molecule has 0 amide bonds. The van der Waals surface area contributed by atoms with E-state index in [2.05, 4.69) is 0 Å². The molecule has 0 radical (unpaired) electrons. The van der Waals surface area contributed by atoms with Crippen molar-refractivity contribution >= 4 is 23.1 Å². The van der Waals surface area contributed by atoms with Crippen molar-refractivity contribution in [2.75, 3.05) is 0 Å². The standard InChI is InChI=1S/C10H6O4/c11-5-1-2-6-7(3-5)8(12)4-9(13)10(6)14/h1-3,6H,4H2. The maximum Gasteiger partial charge on any atom is 0.210 e. The van der Waals surface area contributed by atoms with Crippen LogP contribution in [0.4, 0.5) is 0 Å². The summed E-state index contributed by atoms with van der Waals surface area (Å²) < 4.78 is 0. The van der Waals surface area contributed by atoms with Crippen LogP contribution in [0.2, 0.25) is 0 Å². The first kappa shape index (κ1) is 8.74. The van der Waals surface area contributed by atoms with Crippen molar-refractivity contribution in [3.05, 3.63) is 23.8 Å². The van der Waals surface area contributed by atoms with Gasteiger partial charge in [0.15, 0.2) is 11.6 Å². The molecule has 0 heterocycles. The van der Waals surface area contributed by atoms with Gasteiger partial charge in [-0.25, -0.2) is 0 Å². The number of carbonyl (C=O) groups excluding carboxylic acids is 4.